The highest BCUT2D eigenvalue weighted by Crippen LogP contribution is 2.69. The Kier molecular flexibility index (Phi) is 11.3. The van der Waals surface area contributed by atoms with Crippen molar-refractivity contribution in [3.8, 4) is 0 Å². The maximum absolute atomic E-state index is 13.7. The van der Waals surface area contributed by atoms with Crippen molar-refractivity contribution < 1.29 is 32.3 Å². The quantitative estimate of drug-likeness (QED) is 0.130. The van der Waals surface area contributed by atoms with E-state index in [1.807, 2.05) is 20.8 Å². The summed E-state index contributed by atoms with van der Waals surface area (Å²) in [6.45, 7) is 21.2. The number of rotatable bonds is 12. The Morgan fingerprint density at radius 3 is 2.38 bits per heavy atom. The molecule has 8 nitrogen and oxygen atoms in total. The van der Waals surface area contributed by atoms with Crippen LogP contribution in [0.5, 0.6) is 0 Å². The van der Waals surface area contributed by atoms with E-state index in [2.05, 4.69) is 39.2 Å². The molecule has 4 rings (SSSR count). The van der Waals surface area contributed by atoms with E-state index in [9.17, 15) is 23.4 Å². The van der Waals surface area contributed by atoms with Crippen LogP contribution in [-0.4, -0.2) is 85.1 Å². The second-order valence-corrected chi connectivity index (χ2v) is 17.0. The summed E-state index contributed by atoms with van der Waals surface area (Å²) < 4.78 is 39.8. The molecule has 10 atom stereocenters. The predicted molar refractivity (Wildman–Crippen MR) is 179 cm³/mol. The monoisotopic (exact) mass is 665 g/mol. The van der Waals surface area contributed by atoms with Crippen LogP contribution in [0.25, 0.3) is 0 Å². The van der Waals surface area contributed by atoms with Crippen LogP contribution in [0.4, 0.5) is 0 Å². The Morgan fingerprint density at radius 1 is 1.13 bits per heavy atom. The third kappa shape index (κ3) is 6.79. The highest BCUT2D eigenvalue weighted by molar-refractivity contribution is 7.99. The summed E-state index contributed by atoms with van der Waals surface area (Å²) in [7, 11) is -4.22. The first kappa shape index (κ1) is 36.4. The summed E-state index contributed by atoms with van der Waals surface area (Å²) in [4.78, 5) is 15.9. The molecule has 0 aliphatic heterocycles. The molecule has 2 N–H and O–H groups in total. The number of hydrogen-bond donors (Lipinski definition) is 2. The number of esters is 1. The lowest BCUT2D eigenvalue weighted by molar-refractivity contribution is -0.216. The summed E-state index contributed by atoms with van der Waals surface area (Å²) in [6, 6.07) is 6.49. The van der Waals surface area contributed by atoms with Gasteiger partial charge >= 0.3 is 5.97 Å². The molecule has 0 amide bonds. The van der Waals surface area contributed by atoms with Gasteiger partial charge in [-0.3, -0.25) is 8.98 Å². The molecule has 1 aromatic carbocycles. The van der Waals surface area contributed by atoms with Crippen LogP contribution in [0.3, 0.4) is 0 Å². The third-order valence-corrected chi connectivity index (χ3v) is 14.3. The number of nitrogens with zero attached hydrogens (tertiary/aromatic N) is 1. The van der Waals surface area contributed by atoms with Crippen molar-refractivity contribution in [2.75, 3.05) is 31.1 Å². The van der Waals surface area contributed by atoms with E-state index in [4.69, 9.17) is 8.92 Å². The Morgan fingerprint density at radius 2 is 1.78 bits per heavy atom. The zero-order valence-electron chi connectivity index (χ0n) is 28.2. The first-order valence-corrected chi connectivity index (χ1v) is 19.1. The van der Waals surface area contributed by atoms with E-state index in [0.717, 1.165) is 37.4 Å². The fourth-order valence-electron chi connectivity index (χ4n) is 8.84. The third-order valence-electron chi connectivity index (χ3n) is 12.0. The maximum atomic E-state index is 13.7. The Bertz CT molecular complexity index is 1300. The van der Waals surface area contributed by atoms with E-state index >= 15 is 0 Å². The highest BCUT2D eigenvalue weighted by Gasteiger charge is 2.71. The molecule has 0 saturated heterocycles. The first-order valence-electron chi connectivity index (χ1n) is 16.6. The molecule has 0 radical (unpaired) electrons. The molecule has 45 heavy (non-hydrogen) atoms. The SMILES string of the molecule is C=C[C@]1(C)C[C@@H](OC(=O)CSCCN(CC)CC)[C@]2(C)C(C)CC[C@]3(CC(O)C(OS(=O)(=O)c4ccc(C)cc4)C32)[C@@H](C)[C@@H]1O. The van der Waals surface area contributed by atoms with Crippen molar-refractivity contribution in [1.82, 2.24) is 4.90 Å². The molecule has 3 fully saturated rings. The summed E-state index contributed by atoms with van der Waals surface area (Å²) in [5, 5.41) is 23.7. The minimum Gasteiger partial charge on any atom is -0.461 e. The van der Waals surface area contributed by atoms with Gasteiger partial charge in [-0.2, -0.15) is 8.42 Å². The topological polar surface area (TPSA) is 113 Å². The Labute approximate surface area is 275 Å². The number of ether oxygens (including phenoxy) is 1. The van der Waals surface area contributed by atoms with Gasteiger partial charge in [0.25, 0.3) is 10.1 Å². The number of aryl methyl sites for hydroxylation is 1. The first-order chi connectivity index (χ1) is 21.1. The zero-order valence-corrected chi connectivity index (χ0v) is 29.8. The lowest BCUT2D eigenvalue weighted by Crippen LogP contribution is -2.64. The van der Waals surface area contributed by atoms with Crippen LogP contribution in [0.15, 0.2) is 41.8 Å². The number of aliphatic hydroxyl groups is 2. The molecule has 2 bridgehead atoms. The lowest BCUT2D eigenvalue weighted by Gasteiger charge is -2.63. The molecule has 10 heteroatoms. The van der Waals surface area contributed by atoms with Gasteiger partial charge in [0.05, 0.1) is 22.9 Å². The van der Waals surface area contributed by atoms with Crippen LogP contribution in [0.2, 0.25) is 0 Å². The van der Waals surface area contributed by atoms with Crippen molar-refractivity contribution >= 4 is 27.8 Å². The van der Waals surface area contributed by atoms with Gasteiger partial charge < -0.3 is 19.8 Å². The number of carbonyl (C=O) groups excluding carboxylic acids is 1. The second kappa shape index (κ2) is 14.0. The van der Waals surface area contributed by atoms with Crippen LogP contribution >= 0.6 is 11.8 Å². The number of aliphatic hydroxyl groups excluding tert-OH is 2. The molecule has 3 aliphatic carbocycles. The van der Waals surface area contributed by atoms with Crippen molar-refractivity contribution in [3.63, 3.8) is 0 Å². The molecule has 0 aromatic heterocycles. The van der Waals surface area contributed by atoms with Gasteiger partial charge in [0.2, 0.25) is 0 Å². The number of benzene rings is 1. The average Bonchev–Trinajstić information content (AvgIpc) is 3.29. The summed E-state index contributed by atoms with van der Waals surface area (Å²) in [5.41, 5.74) is -1.23. The van der Waals surface area contributed by atoms with Gasteiger partial charge in [0.1, 0.15) is 12.2 Å². The molecular formula is C35H55NO7S2. The smallest absolute Gasteiger partial charge is 0.316 e. The molecule has 3 aliphatic rings. The van der Waals surface area contributed by atoms with Gasteiger partial charge in [0.15, 0.2) is 0 Å². The second-order valence-electron chi connectivity index (χ2n) is 14.3. The Hall–Kier alpha value is -1.43. The van der Waals surface area contributed by atoms with Crippen molar-refractivity contribution in [3.05, 3.63) is 42.5 Å². The number of carbonyl (C=O) groups is 1. The van der Waals surface area contributed by atoms with Gasteiger partial charge in [-0.05, 0) is 75.1 Å². The highest BCUT2D eigenvalue weighted by atomic mass is 32.2. The van der Waals surface area contributed by atoms with E-state index in [-0.39, 0.29) is 28.5 Å². The summed E-state index contributed by atoms with van der Waals surface area (Å²) >= 11 is 1.54. The fourth-order valence-corrected chi connectivity index (χ4v) is 10.7. The normalized spacial score (nSPS) is 38.3. The van der Waals surface area contributed by atoms with Gasteiger partial charge in [-0.1, -0.05) is 65.3 Å². The van der Waals surface area contributed by atoms with E-state index in [1.165, 1.54) is 12.1 Å². The molecule has 4 unspecified atom stereocenters. The number of hydrogen-bond acceptors (Lipinski definition) is 9. The molecule has 1 aromatic rings. The van der Waals surface area contributed by atoms with Gasteiger partial charge in [-0.15, -0.1) is 18.3 Å². The van der Waals surface area contributed by atoms with E-state index in [1.54, 1.807) is 30.0 Å². The standard InChI is InChI=1S/C35H55NO7S2/c1-9-33(7)21-28(42-29(38)22-44-19-18-36(10-2)11-3)34(8)24(5)16-17-35(25(6)32(33)39)20-27(37)30(31(34)35)43-45(40,41)26-14-12-23(4)13-15-26/h9,12-15,24-25,27-28,30-32,37,39H,1,10-11,16-22H2,2-8H3/t24?,25-,27?,28+,30?,31?,32-,33+,34-,35-/m0/s1. The van der Waals surface area contributed by atoms with E-state index in [0.29, 0.717) is 19.3 Å². The predicted octanol–water partition coefficient (Wildman–Crippen LogP) is 5.45. The zero-order chi connectivity index (χ0) is 33.4. The molecular weight excluding hydrogens is 611 g/mol. The average molecular weight is 666 g/mol. The Balaban J connectivity index is 1.74. The van der Waals surface area contributed by atoms with Crippen LogP contribution in [0.1, 0.15) is 72.8 Å². The van der Waals surface area contributed by atoms with Crippen LogP contribution in [0, 0.1) is 40.9 Å². The maximum Gasteiger partial charge on any atom is 0.316 e. The number of thioether (sulfide) groups is 1. The lowest BCUT2D eigenvalue weighted by atomic mass is 9.43. The van der Waals surface area contributed by atoms with Crippen molar-refractivity contribution in [1.29, 1.82) is 0 Å². The van der Waals surface area contributed by atoms with E-state index < -0.39 is 56.7 Å². The minimum atomic E-state index is -4.22. The minimum absolute atomic E-state index is 0.0266. The summed E-state index contributed by atoms with van der Waals surface area (Å²) in [5.74, 6) is -0.0798. The molecule has 3 saturated carbocycles. The van der Waals surface area contributed by atoms with Gasteiger partial charge in [0, 0.05) is 29.0 Å². The molecule has 0 heterocycles. The molecule has 0 spiro atoms. The largest absolute Gasteiger partial charge is 0.461 e. The molecule has 254 valence electrons. The van der Waals surface area contributed by atoms with Crippen molar-refractivity contribution in [2.45, 2.75) is 103 Å². The van der Waals surface area contributed by atoms with Crippen molar-refractivity contribution in [2.24, 2.45) is 34.0 Å². The van der Waals surface area contributed by atoms with Crippen LogP contribution < -0.4 is 0 Å². The fraction of sp³-hybridized carbons (Fsp3) is 0.743. The summed E-state index contributed by atoms with van der Waals surface area (Å²) in [6.07, 6.45) is 0.257. The van der Waals surface area contributed by atoms with Gasteiger partial charge in [-0.25, -0.2) is 0 Å². The van der Waals surface area contributed by atoms with Crippen LogP contribution in [-0.2, 0) is 23.8 Å².